The number of carbonyl (C=O) groups excluding carboxylic acids is 6. The summed E-state index contributed by atoms with van der Waals surface area (Å²) in [4.78, 5) is 71.1. The standard InChI is InChI=1S/2C6H6N2O2.2C4H6O6.3Mn/c2*9-6(10)2-1-5-3-7-4-8-5;2*5-1(3(7)8)2(6)4(9)10;;;/h2*1-4H,(H,7,8)(H,9,10);2*1-2,5-6H,(H,7,8)(H,9,10);;;/q;;;;3*+2/p-6. The van der Waals surface area contributed by atoms with Gasteiger partial charge in [-0.2, -0.15) is 0 Å². The molecule has 0 aliphatic rings. The number of carbonyl (C=O) groups is 6. The number of hydrogen-bond donors (Lipinski definition) is 6. The van der Waals surface area contributed by atoms with Gasteiger partial charge < -0.3 is 89.8 Å². The molecule has 20 nitrogen and oxygen atoms in total. The zero-order valence-electron chi connectivity index (χ0n) is 20.6. The number of aliphatic hydroxyl groups excluding tert-OH is 4. The number of nitrogens with one attached hydrogen (secondary N) is 2. The van der Waals surface area contributed by atoms with Crippen molar-refractivity contribution in [3.05, 3.63) is 48.6 Å². The zero-order chi connectivity index (χ0) is 31.4. The Morgan fingerprint density at radius 3 is 0.930 bits per heavy atom. The van der Waals surface area contributed by atoms with Gasteiger partial charge in [-0.05, 0) is 24.3 Å². The Labute approximate surface area is 271 Å². The second-order valence-electron chi connectivity index (χ2n) is 6.35. The van der Waals surface area contributed by atoms with E-state index in [1.54, 1.807) is 12.4 Å². The van der Waals surface area contributed by atoms with Crippen LogP contribution in [-0.2, 0) is 80.0 Å². The summed E-state index contributed by atoms with van der Waals surface area (Å²) in [6.07, 6.45) is 0.900. The average molecular weight is 735 g/mol. The van der Waals surface area contributed by atoms with E-state index in [1.165, 1.54) is 24.8 Å². The SMILES string of the molecule is O=C([O-])C(O)C(O)C(=O)[O-].O=C([O-])C(O)C(O)C(=O)[O-].O=C([O-])C=Cc1c[nH]cn1.O=C([O-])C=Cc1c[nH]cn1.[Mn+2].[Mn+2].[Mn+2]. The van der Waals surface area contributed by atoms with Gasteiger partial charge in [0.2, 0.25) is 0 Å². The quantitative estimate of drug-likeness (QED) is 0.0974. The van der Waals surface area contributed by atoms with E-state index < -0.39 is 60.2 Å². The van der Waals surface area contributed by atoms with Crippen LogP contribution in [0.4, 0.5) is 0 Å². The maximum absolute atomic E-state index is 9.86. The van der Waals surface area contributed by atoms with Crippen LogP contribution in [0.25, 0.3) is 12.2 Å². The molecule has 0 saturated heterocycles. The first-order valence-electron chi connectivity index (χ1n) is 9.82. The fourth-order valence-corrected chi connectivity index (χ4v) is 1.55. The number of aromatic nitrogens is 4. The Kier molecular flexibility index (Phi) is 30.6. The smallest absolute Gasteiger partial charge is 0.547 e. The van der Waals surface area contributed by atoms with Crippen LogP contribution >= 0.6 is 0 Å². The summed E-state index contributed by atoms with van der Waals surface area (Å²) >= 11 is 0. The minimum Gasteiger partial charge on any atom is -0.547 e. The van der Waals surface area contributed by atoms with E-state index in [0.29, 0.717) is 11.4 Å². The molecule has 0 aliphatic heterocycles. The Bertz CT molecular complexity index is 1030. The number of aliphatic carboxylic acids is 6. The first-order chi connectivity index (χ1) is 18.5. The fourth-order valence-electron chi connectivity index (χ4n) is 1.55. The van der Waals surface area contributed by atoms with Crippen molar-refractivity contribution in [3.8, 4) is 0 Å². The Hall–Kier alpha value is -3.88. The zero-order valence-corrected chi connectivity index (χ0v) is 24.2. The molecule has 0 spiro atoms. The Balaban J connectivity index is -0.000000146. The third kappa shape index (κ3) is 25.5. The summed E-state index contributed by atoms with van der Waals surface area (Å²) in [6, 6.07) is 0. The van der Waals surface area contributed by atoms with E-state index >= 15 is 0 Å². The molecule has 43 heavy (non-hydrogen) atoms. The molecule has 2 heterocycles. The molecule has 0 aromatic carbocycles. The predicted octanol–water partition coefficient (Wildman–Crippen LogP) is -11.2. The second-order valence-corrected chi connectivity index (χ2v) is 6.35. The van der Waals surface area contributed by atoms with Gasteiger partial charge in [-0.25, -0.2) is 9.97 Å². The predicted molar refractivity (Wildman–Crippen MR) is 109 cm³/mol. The van der Waals surface area contributed by atoms with Crippen molar-refractivity contribution >= 4 is 48.0 Å². The summed E-state index contributed by atoms with van der Waals surface area (Å²) in [7, 11) is 0. The van der Waals surface area contributed by atoms with Crippen LogP contribution in [0, 0.1) is 0 Å². The number of imidazole rings is 2. The summed E-state index contributed by atoms with van der Waals surface area (Å²) in [5.74, 6) is -10.7. The molecular weight excluding hydrogens is 717 g/mol. The van der Waals surface area contributed by atoms with E-state index in [2.05, 4.69) is 19.9 Å². The molecule has 0 saturated carbocycles. The van der Waals surface area contributed by atoms with Gasteiger partial charge in [-0.15, -0.1) is 0 Å². The van der Waals surface area contributed by atoms with Gasteiger partial charge in [-0.1, -0.05) is 0 Å². The molecule has 6 N–H and O–H groups in total. The van der Waals surface area contributed by atoms with Crippen molar-refractivity contribution in [2.75, 3.05) is 0 Å². The van der Waals surface area contributed by atoms with Crippen molar-refractivity contribution < 1.29 is 131 Å². The van der Waals surface area contributed by atoms with Crippen LogP contribution in [0.5, 0.6) is 0 Å². The van der Waals surface area contributed by atoms with E-state index in [9.17, 15) is 59.4 Å². The van der Waals surface area contributed by atoms with Gasteiger partial charge in [0, 0.05) is 12.4 Å². The summed E-state index contributed by atoms with van der Waals surface area (Å²) in [5.41, 5.74) is 1.15. The number of aromatic amines is 2. The molecule has 0 bridgehead atoms. The fraction of sp³-hybridized carbons (Fsp3) is 0.200. The third-order valence-electron chi connectivity index (χ3n) is 3.38. The van der Waals surface area contributed by atoms with Crippen LogP contribution in [0.3, 0.4) is 0 Å². The molecule has 23 heteroatoms. The van der Waals surface area contributed by atoms with Crippen LogP contribution in [0.15, 0.2) is 37.2 Å². The number of hydrogen-bond acceptors (Lipinski definition) is 18. The monoisotopic (exact) mass is 735 g/mol. The Morgan fingerprint density at radius 1 is 0.558 bits per heavy atom. The van der Waals surface area contributed by atoms with Gasteiger partial charge in [0.1, 0.15) is 24.4 Å². The van der Waals surface area contributed by atoms with Crippen LogP contribution in [-0.4, -0.2) is 101 Å². The molecule has 4 atom stereocenters. The number of rotatable bonds is 10. The van der Waals surface area contributed by atoms with Crippen LogP contribution < -0.4 is 30.6 Å². The third-order valence-corrected chi connectivity index (χ3v) is 3.38. The molecule has 2 aromatic heterocycles. The van der Waals surface area contributed by atoms with Crippen molar-refractivity contribution in [2.45, 2.75) is 24.4 Å². The first-order valence-corrected chi connectivity index (χ1v) is 9.82. The number of nitrogens with zero attached hydrogens (tertiary/aromatic N) is 2. The molecule has 2 aromatic rings. The Morgan fingerprint density at radius 2 is 0.791 bits per heavy atom. The van der Waals surface area contributed by atoms with Crippen molar-refractivity contribution in [3.63, 3.8) is 0 Å². The van der Waals surface area contributed by atoms with Crippen LogP contribution in [0.1, 0.15) is 11.4 Å². The van der Waals surface area contributed by atoms with E-state index in [1.807, 2.05) is 0 Å². The van der Waals surface area contributed by atoms with E-state index in [4.69, 9.17) is 20.4 Å². The van der Waals surface area contributed by atoms with Gasteiger partial charge in [0.05, 0.1) is 59.9 Å². The maximum Gasteiger partial charge on any atom is 2.00 e. The second kappa shape index (κ2) is 27.0. The normalized spacial score (nSPS) is 12.2. The first kappa shape index (κ1) is 48.8. The summed E-state index contributed by atoms with van der Waals surface area (Å²) < 4.78 is 0. The molecule has 0 amide bonds. The number of H-pyrrole nitrogens is 2. The van der Waals surface area contributed by atoms with Gasteiger partial charge in [0.15, 0.2) is 0 Å². The minimum atomic E-state index is -2.44. The van der Waals surface area contributed by atoms with Crippen molar-refractivity contribution in [1.82, 2.24) is 19.9 Å². The number of aliphatic hydroxyl groups is 4. The van der Waals surface area contributed by atoms with E-state index in [0.717, 1.165) is 12.2 Å². The summed E-state index contributed by atoms with van der Waals surface area (Å²) in [5, 5.41) is 91.2. The van der Waals surface area contributed by atoms with E-state index in [-0.39, 0.29) is 51.2 Å². The van der Waals surface area contributed by atoms with Gasteiger partial charge in [-0.3, -0.25) is 0 Å². The topological polar surface area (TPSA) is 379 Å². The van der Waals surface area contributed by atoms with Crippen LogP contribution in [0.2, 0.25) is 0 Å². The van der Waals surface area contributed by atoms with Gasteiger partial charge >= 0.3 is 51.2 Å². The molecule has 2 rings (SSSR count). The molecule has 3 radical (unpaired) electrons. The number of carboxylic acids is 6. The van der Waals surface area contributed by atoms with Gasteiger partial charge in [0.25, 0.3) is 0 Å². The largest absolute Gasteiger partial charge is 2.00 e. The minimum absolute atomic E-state index is 0. The molecular formula is C20H18Mn3N4O16. The van der Waals surface area contributed by atoms with Crippen molar-refractivity contribution in [2.24, 2.45) is 0 Å². The number of carboxylic acid groups (broad SMARTS) is 6. The summed E-state index contributed by atoms with van der Waals surface area (Å²) in [6.45, 7) is 0. The molecule has 0 fully saturated rings. The molecule has 235 valence electrons. The molecule has 0 aliphatic carbocycles. The molecule has 4 unspecified atom stereocenters. The van der Waals surface area contributed by atoms with Crippen molar-refractivity contribution in [1.29, 1.82) is 0 Å². The average Bonchev–Trinajstić information content (AvgIpc) is 3.59. The maximum atomic E-state index is 9.86.